The minimum absolute atomic E-state index is 0.233. The fourth-order valence-electron chi connectivity index (χ4n) is 0.343. The van der Waals surface area contributed by atoms with E-state index >= 15 is 0 Å². The standard InChI is InChI=1S/C6H10FNS/c1-5(2)6(9-7)4-8-3/h4H,1-3H3. The molecule has 0 N–H and O–H groups in total. The van der Waals surface area contributed by atoms with Gasteiger partial charge in [0.2, 0.25) is 0 Å². The molecule has 0 bridgehead atoms. The predicted molar refractivity (Wildman–Crippen MR) is 41.5 cm³/mol. The van der Waals surface area contributed by atoms with Crippen molar-refractivity contribution in [2.24, 2.45) is 4.99 Å². The van der Waals surface area contributed by atoms with Gasteiger partial charge in [-0.05, 0) is 13.8 Å². The maximum atomic E-state index is 11.9. The molecule has 0 rings (SSSR count). The van der Waals surface area contributed by atoms with Crippen molar-refractivity contribution in [2.75, 3.05) is 7.05 Å². The van der Waals surface area contributed by atoms with E-state index in [0.29, 0.717) is 4.91 Å². The highest BCUT2D eigenvalue weighted by molar-refractivity contribution is 7.99. The summed E-state index contributed by atoms with van der Waals surface area (Å²) in [6.07, 6.45) is 1.51. The van der Waals surface area contributed by atoms with Gasteiger partial charge >= 0.3 is 0 Å². The highest BCUT2D eigenvalue weighted by Crippen LogP contribution is 2.17. The first-order chi connectivity index (χ1) is 4.22. The summed E-state index contributed by atoms with van der Waals surface area (Å²) < 4.78 is 11.9. The average Bonchev–Trinajstić information content (AvgIpc) is 1.82. The van der Waals surface area contributed by atoms with E-state index in [1.165, 1.54) is 6.21 Å². The predicted octanol–water partition coefficient (Wildman–Crippen LogP) is 2.60. The molecule has 0 amide bonds. The Bertz CT molecular complexity index is 136. The summed E-state index contributed by atoms with van der Waals surface area (Å²) in [6, 6.07) is 0. The molecular formula is C6H10FNS. The van der Waals surface area contributed by atoms with Crippen molar-refractivity contribution in [3.05, 3.63) is 10.5 Å². The van der Waals surface area contributed by atoms with Gasteiger partial charge in [0, 0.05) is 13.3 Å². The summed E-state index contributed by atoms with van der Waals surface area (Å²) in [5, 5.41) is 0. The molecule has 0 unspecified atom stereocenters. The molecule has 0 aromatic heterocycles. The van der Waals surface area contributed by atoms with Gasteiger partial charge in [-0.25, -0.2) is 0 Å². The van der Waals surface area contributed by atoms with Gasteiger partial charge in [-0.15, -0.1) is 0 Å². The van der Waals surface area contributed by atoms with Gasteiger partial charge in [0.1, 0.15) is 0 Å². The van der Waals surface area contributed by atoms with Crippen LogP contribution in [0.25, 0.3) is 0 Å². The molecule has 0 aromatic carbocycles. The van der Waals surface area contributed by atoms with Gasteiger partial charge in [0.15, 0.2) is 0 Å². The van der Waals surface area contributed by atoms with Crippen LogP contribution in [-0.4, -0.2) is 13.3 Å². The Morgan fingerprint density at radius 3 is 2.22 bits per heavy atom. The SMILES string of the molecule is CN=CC(SF)=C(C)C. The molecule has 0 aliphatic carbocycles. The number of allylic oxidation sites excluding steroid dienone is 2. The fraction of sp³-hybridized carbons (Fsp3) is 0.500. The molecule has 0 fully saturated rings. The number of aliphatic imine (C=N–C) groups is 1. The summed E-state index contributed by atoms with van der Waals surface area (Å²) in [6.45, 7) is 3.70. The molecule has 52 valence electrons. The third-order valence-electron chi connectivity index (χ3n) is 0.822. The Morgan fingerprint density at radius 1 is 1.56 bits per heavy atom. The third-order valence-corrected chi connectivity index (χ3v) is 1.50. The van der Waals surface area contributed by atoms with Crippen molar-refractivity contribution in [3.63, 3.8) is 0 Å². The quantitative estimate of drug-likeness (QED) is 0.547. The maximum Gasteiger partial charge on any atom is 0.0827 e. The Kier molecular flexibility index (Phi) is 4.40. The summed E-state index contributed by atoms with van der Waals surface area (Å²) in [4.78, 5) is 4.28. The van der Waals surface area contributed by atoms with E-state index < -0.39 is 0 Å². The van der Waals surface area contributed by atoms with E-state index in [9.17, 15) is 3.89 Å². The summed E-state index contributed by atoms with van der Waals surface area (Å²) >= 11 is 0.233. The summed E-state index contributed by atoms with van der Waals surface area (Å²) in [5.74, 6) is 0. The third kappa shape index (κ3) is 3.30. The first-order valence-corrected chi connectivity index (χ1v) is 3.32. The van der Waals surface area contributed by atoms with Crippen LogP contribution in [0.3, 0.4) is 0 Å². The molecule has 0 aliphatic rings. The van der Waals surface area contributed by atoms with Crippen LogP contribution in [0.1, 0.15) is 13.8 Å². The minimum atomic E-state index is 0.233. The van der Waals surface area contributed by atoms with Crippen LogP contribution in [0.2, 0.25) is 0 Å². The zero-order valence-electron chi connectivity index (χ0n) is 5.81. The second-order valence-corrected chi connectivity index (χ2v) is 2.42. The molecule has 0 heterocycles. The van der Waals surface area contributed by atoms with Gasteiger partial charge in [-0.3, -0.25) is 4.99 Å². The van der Waals surface area contributed by atoms with E-state index in [2.05, 4.69) is 4.99 Å². The smallest absolute Gasteiger partial charge is 0.0827 e. The number of rotatable bonds is 2. The number of nitrogens with zero attached hydrogens (tertiary/aromatic N) is 1. The van der Waals surface area contributed by atoms with Crippen LogP contribution in [0, 0.1) is 0 Å². The lowest BCUT2D eigenvalue weighted by Gasteiger charge is -1.92. The summed E-state index contributed by atoms with van der Waals surface area (Å²) in [5.41, 5.74) is 0.952. The summed E-state index contributed by atoms with van der Waals surface area (Å²) in [7, 11) is 1.62. The van der Waals surface area contributed by atoms with Crippen LogP contribution in [0.4, 0.5) is 3.89 Å². The molecule has 0 atom stereocenters. The van der Waals surface area contributed by atoms with Crippen molar-refractivity contribution in [1.29, 1.82) is 0 Å². The van der Waals surface area contributed by atoms with Gasteiger partial charge in [0.05, 0.1) is 17.1 Å². The molecular weight excluding hydrogens is 137 g/mol. The molecule has 9 heavy (non-hydrogen) atoms. The Morgan fingerprint density at radius 2 is 2.11 bits per heavy atom. The Labute approximate surface area is 59.4 Å². The monoisotopic (exact) mass is 147 g/mol. The molecule has 1 nitrogen and oxygen atoms in total. The van der Waals surface area contributed by atoms with Crippen molar-refractivity contribution in [2.45, 2.75) is 13.8 Å². The first kappa shape index (κ1) is 8.69. The molecule has 0 aromatic rings. The lowest BCUT2D eigenvalue weighted by molar-refractivity contribution is 0.945. The van der Waals surface area contributed by atoms with Crippen LogP contribution in [-0.2, 0) is 0 Å². The van der Waals surface area contributed by atoms with Gasteiger partial charge in [-0.1, -0.05) is 5.57 Å². The molecule has 0 aliphatic heterocycles. The van der Waals surface area contributed by atoms with Crippen LogP contribution >= 0.6 is 12.1 Å². The van der Waals surface area contributed by atoms with Gasteiger partial charge in [-0.2, -0.15) is 3.89 Å². The van der Waals surface area contributed by atoms with Crippen LogP contribution < -0.4 is 0 Å². The second-order valence-electron chi connectivity index (χ2n) is 1.83. The molecule has 0 saturated carbocycles. The fourth-order valence-corrected chi connectivity index (χ4v) is 0.643. The Balaban J connectivity index is 4.16. The van der Waals surface area contributed by atoms with Crippen molar-refractivity contribution < 1.29 is 3.89 Å². The molecule has 3 heteroatoms. The van der Waals surface area contributed by atoms with Crippen molar-refractivity contribution >= 4 is 18.4 Å². The second kappa shape index (κ2) is 4.56. The lowest BCUT2D eigenvalue weighted by Crippen LogP contribution is -1.78. The van der Waals surface area contributed by atoms with E-state index in [0.717, 1.165) is 5.57 Å². The van der Waals surface area contributed by atoms with Gasteiger partial charge in [0.25, 0.3) is 0 Å². The van der Waals surface area contributed by atoms with E-state index in [1.54, 1.807) is 7.05 Å². The normalized spacial score (nSPS) is 10.2. The number of hydrogen-bond donors (Lipinski definition) is 0. The molecule has 0 radical (unpaired) electrons. The van der Waals surface area contributed by atoms with E-state index in [4.69, 9.17) is 0 Å². The average molecular weight is 147 g/mol. The molecule has 0 saturated heterocycles. The number of halogens is 1. The Hall–Kier alpha value is -0.310. The largest absolute Gasteiger partial charge is 0.295 e. The van der Waals surface area contributed by atoms with Crippen molar-refractivity contribution in [3.8, 4) is 0 Å². The number of hydrogen-bond acceptors (Lipinski definition) is 2. The minimum Gasteiger partial charge on any atom is -0.295 e. The van der Waals surface area contributed by atoms with Crippen molar-refractivity contribution in [1.82, 2.24) is 0 Å². The zero-order chi connectivity index (χ0) is 7.28. The topological polar surface area (TPSA) is 12.4 Å². The first-order valence-electron chi connectivity index (χ1n) is 2.60. The zero-order valence-corrected chi connectivity index (χ0v) is 6.63. The highest BCUT2D eigenvalue weighted by atomic mass is 32.2. The van der Waals surface area contributed by atoms with E-state index in [-0.39, 0.29) is 12.1 Å². The van der Waals surface area contributed by atoms with Crippen LogP contribution in [0.15, 0.2) is 15.5 Å². The van der Waals surface area contributed by atoms with Crippen LogP contribution in [0.5, 0.6) is 0 Å². The van der Waals surface area contributed by atoms with Gasteiger partial charge < -0.3 is 0 Å². The highest BCUT2D eigenvalue weighted by Gasteiger charge is 1.93. The maximum absolute atomic E-state index is 11.9. The lowest BCUT2D eigenvalue weighted by atomic mass is 10.3. The molecule has 0 spiro atoms. The van der Waals surface area contributed by atoms with E-state index in [1.807, 2.05) is 13.8 Å².